The molecule has 0 radical (unpaired) electrons. The van der Waals surface area contributed by atoms with E-state index in [0.29, 0.717) is 28.5 Å². The van der Waals surface area contributed by atoms with E-state index in [1.807, 2.05) is 32.0 Å². The fraction of sp³-hybridized carbons (Fsp3) is 0.231. The summed E-state index contributed by atoms with van der Waals surface area (Å²) in [6.45, 7) is 4.70. The molecular formula is C13H13ClN6. The molecule has 7 heteroatoms. The lowest BCUT2D eigenvalue weighted by Gasteiger charge is -2.09. The number of hydrogen-bond acceptors (Lipinski definition) is 5. The molecule has 1 aromatic carbocycles. The number of rotatable bonds is 3. The van der Waals surface area contributed by atoms with Gasteiger partial charge in [0.15, 0.2) is 17.0 Å². The number of aromatic nitrogens is 5. The Bertz CT molecular complexity index is 767. The molecule has 2 aromatic heterocycles. The van der Waals surface area contributed by atoms with Gasteiger partial charge in [0.05, 0.1) is 0 Å². The molecule has 1 N–H and O–H groups in total. The molecule has 0 saturated heterocycles. The molecule has 0 bridgehead atoms. The fourth-order valence-corrected chi connectivity index (χ4v) is 2.12. The number of halogens is 1. The van der Waals surface area contributed by atoms with Crippen LogP contribution in [0, 0.1) is 6.92 Å². The minimum absolute atomic E-state index is 0.625. The summed E-state index contributed by atoms with van der Waals surface area (Å²) in [7, 11) is 0. The average Bonchev–Trinajstić information content (AvgIpc) is 2.87. The maximum absolute atomic E-state index is 6.02. The maximum Gasteiger partial charge on any atom is 0.183 e. The molecule has 0 spiro atoms. The lowest BCUT2D eigenvalue weighted by molar-refractivity contribution is 0.641. The predicted molar refractivity (Wildman–Crippen MR) is 78.3 cm³/mol. The summed E-state index contributed by atoms with van der Waals surface area (Å²) in [5, 5.41) is 12.1. The monoisotopic (exact) mass is 288 g/mol. The van der Waals surface area contributed by atoms with Crippen molar-refractivity contribution < 1.29 is 0 Å². The van der Waals surface area contributed by atoms with Crippen molar-refractivity contribution in [2.45, 2.75) is 20.4 Å². The first-order chi connectivity index (χ1) is 9.69. The zero-order valence-electron chi connectivity index (χ0n) is 11.1. The molecule has 102 valence electrons. The van der Waals surface area contributed by atoms with Gasteiger partial charge in [0.2, 0.25) is 0 Å². The van der Waals surface area contributed by atoms with Crippen LogP contribution in [-0.4, -0.2) is 25.0 Å². The Morgan fingerprint density at radius 1 is 1.30 bits per heavy atom. The number of aryl methyl sites for hydroxylation is 2. The second kappa shape index (κ2) is 5.05. The lowest BCUT2D eigenvalue weighted by Crippen LogP contribution is -2.00. The van der Waals surface area contributed by atoms with E-state index in [4.69, 9.17) is 11.6 Å². The van der Waals surface area contributed by atoms with Gasteiger partial charge in [-0.05, 0) is 31.5 Å². The van der Waals surface area contributed by atoms with E-state index in [2.05, 4.69) is 25.6 Å². The zero-order chi connectivity index (χ0) is 14.1. The summed E-state index contributed by atoms with van der Waals surface area (Å²) >= 11 is 6.02. The molecule has 0 aliphatic carbocycles. The van der Waals surface area contributed by atoms with Crippen molar-refractivity contribution >= 4 is 34.3 Å². The lowest BCUT2D eigenvalue weighted by atomic mass is 10.2. The van der Waals surface area contributed by atoms with Crippen LogP contribution < -0.4 is 5.32 Å². The quantitative estimate of drug-likeness (QED) is 0.802. The fourth-order valence-electron chi connectivity index (χ4n) is 1.95. The standard InChI is InChI=1S/C13H13ClN6/c1-3-20-13-11(18-19-20)12(15-7-16-13)17-10-6-9(14)5-4-8(10)2/h4-7H,3H2,1-2H3,(H,15,16,17). The molecule has 0 amide bonds. The Kier molecular flexibility index (Phi) is 3.23. The van der Waals surface area contributed by atoms with Crippen LogP contribution in [-0.2, 0) is 6.54 Å². The highest BCUT2D eigenvalue weighted by Crippen LogP contribution is 2.25. The van der Waals surface area contributed by atoms with Crippen molar-refractivity contribution in [1.82, 2.24) is 25.0 Å². The Morgan fingerprint density at radius 2 is 2.15 bits per heavy atom. The highest BCUT2D eigenvalue weighted by molar-refractivity contribution is 6.30. The second-order valence-electron chi connectivity index (χ2n) is 4.38. The van der Waals surface area contributed by atoms with Crippen molar-refractivity contribution in [2.75, 3.05) is 5.32 Å². The minimum atomic E-state index is 0.625. The number of hydrogen-bond donors (Lipinski definition) is 1. The van der Waals surface area contributed by atoms with E-state index in [0.717, 1.165) is 11.3 Å². The molecule has 0 saturated carbocycles. The van der Waals surface area contributed by atoms with E-state index < -0.39 is 0 Å². The Morgan fingerprint density at radius 3 is 2.95 bits per heavy atom. The topological polar surface area (TPSA) is 68.5 Å². The number of anilines is 2. The molecule has 2 heterocycles. The molecule has 3 aromatic rings. The third-order valence-electron chi connectivity index (χ3n) is 3.05. The largest absolute Gasteiger partial charge is 0.338 e. The summed E-state index contributed by atoms with van der Waals surface area (Å²) in [5.41, 5.74) is 3.33. The van der Waals surface area contributed by atoms with Gasteiger partial charge >= 0.3 is 0 Å². The predicted octanol–water partition coefficient (Wildman–Crippen LogP) is 2.95. The second-order valence-corrected chi connectivity index (χ2v) is 4.82. The van der Waals surface area contributed by atoms with Gasteiger partial charge in [0, 0.05) is 17.3 Å². The first kappa shape index (κ1) is 12.8. The molecule has 6 nitrogen and oxygen atoms in total. The smallest absolute Gasteiger partial charge is 0.183 e. The van der Waals surface area contributed by atoms with Crippen molar-refractivity contribution in [3.8, 4) is 0 Å². The molecule has 0 atom stereocenters. The number of benzene rings is 1. The van der Waals surface area contributed by atoms with Crippen LogP contribution in [0.15, 0.2) is 24.5 Å². The van der Waals surface area contributed by atoms with E-state index in [9.17, 15) is 0 Å². The van der Waals surface area contributed by atoms with Crippen molar-refractivity contribution in [3.63, 3.8) is 0 Å². The summed E-state index contributed by atoms with van der Waals surface area (Å²) in [6.07, 6.45) is 1.50. The summed E-state index contributed by atoms with van der Waals surface area (Å²) in [4.78, 5) is 8.45. The van der Waals surface area contributed by atoms with Gasteiger partial charge < -0.3 is 5.32 Å². The van der Waals surface area contributed by atoms with Gasteiger partial charge in [-0.2, -0.15) is 0 Å². The van der Waals surface area contributed by atoms with Crippen LogP contribution in [0.5, 0.6) is 0 Å². The van der Waals surface area contributed by atoms with Crippen LogP contribution in [0.4, 0.5) is 11.5 Å². The van der Waals surface area contributed by atoms with Crippen molar-refractivity contribution in [1.29, 1.82) is 0 Å². The van der Waals surface area contributed by atoms with Gasteiger partial charge in [0.1, 0.15) is 6.33 Å². The minimum Gasteiger partial charge on any atom is -0.338 e. The van der Waals surface area contributed by atoms with Gasteiger partial charge in [-0.15, -0.1) is 5.10 Å². The van der Waals surface area contributed by atoms with Crippen LogP contribution in [0.2, 0.25) is 5.02 Å². The van der Waals surface area contributed by atoms with Gasteiger partial charge in [0.25, 0.3) is 0 Å². The first-order valence-corrected chi connectivity index (χ1v) is 6.64. The van der Waals surface area contributed by atoms with Gasteiger partial charge in [-0.1, -0.05) is 22.9 Å². The summed E-state index contributed by atoms with van der Waals surface area (Å²) in [5.74, 6) is 0.625. The molecule has 3 rings (SSSR count). The average molecular weight is 289 g/mol. The van der Waals surface area contributed by atoms with E-state index in [1.165, 1.54) is 6.33 Å². The summed E-state index contributed by atoms with van der Waals surface area (Å²) < 4.78 is 1.73. The normalized spacial score (nSPS) is 10.9. The van der Waals surface area contributed by atoms with Gasteiger partial charge in [-0.25, -0.2) is 14.6 Å². The number of nitrogens with one attached hydrogen (secondary N) is 1. The summed E-state index contributed by atoms with van der Waals surface area (Å²) in [6, 6.07) is 5.66. The van der Waals surface area contributed by atoms with Crippen LogP contribution in [0.3, 0.4) is 0 Å². The Balaban J connectivity index is 2.06. The third kappa shape index (κ3) is 2.18. The van der Waals surface area contributed by atoms with Crippen molar-refractivity contribution in [3.05, 3.63) is 35.1 Å². The Hall–Kier alpha value is -2.21. The molecule has 0 aliphatic heterocycles. The van der Waals surface area contributed by atoms with Crippen LogP contribution >= 0.6 is 11.6 Å². The zero-order valence-corrected chi connectivity index (χ0v) is 11.9. The highest BCUT2D eigenvalue weighted by Gasteiger charge is 2.11. The number of fused-ring (bicyclic) bond motifs is 1. The Labute approximate surface area is 120 Å². The van der Waals surface area contributed by atoms with E-state index in [-0.39, 0.29) is 0 Å². The third-order valence-corrected chi connectivity index (χ3v) is 3.29. The molecular weight excluding hydrogens is 276 g/mol. The maximum atomic E-state index is 6.02. The van der Waals surface area contributed by atoms with Crippen LogP contribution in [0.25, 0.3) is 11.2 Å². The van der Waals surface area contributed by atoms with Crippen molar-refractivity contribution in [2.24, 2.45) is 0 Å². The molecule has 0 aliphatic rings. The highest BCUT2D eigenvalue weighted by atomic mass is 35.5. The molecule has 20 heavy (non-hydrogen) atoms. The molecule has 0 unspecified atom stereocenters. The SMILES string of the molecule is CCn1nnc2c(Nc3cc(Cl)ccc3C)ncnc21. The molecule has 0 fully saturated rings. The van der Waals surface area contributed by atoms with Crippen LogP contribution in [0.1, 0.15) is 12.5 Å². The van der Waals surface area contributed by atoms with Gasteiger partial charge in [-0.3, -0.25) is 0 Å². The number of nitrogens with zero attached hydrogens (tertiary/aromatic N) is 5. The first-order valence-electron chi connectivity index (χ1n) is 6.26. The van der Waals surface area contributed by atoms with E-state index in [1.54, 1.807) is 4.68 Å². The van der Waals surface area contributed by atoms with E-state index >= 15 is 0 Å².